The van der Waals surface area contributed by atoms with Gasteiger partial charge in [-0.1, -0.05) is 31.2 Å². The lowest BCUT2D eigenvalue weighted by molar-refractivity contribution is 0.112. The van der Waals surface area contributed by atoms with Crippen molar-refractivity contribution in [2.24, 2.45) is 0 Å². The molecular formula is C17H26N2O. The zero-order valence-corrected chi connectivity index (χ0v) is 12.6. The summed E-state index contributed by atoms with van der Waals surface area (Å²) in [5.74, 6) is 0.643. The first-order valence-corrected chi connectivity index (χ1v) is 7.89. The molecule has 2 aliphatic rings. The molecule has 3 atom stereocenters. The van der Waals surface area contributed by atoms with E-state index in [9.17, 15) is 0 Å². The summed E-state index contributed by atoms with van der Waals surface area (Å²) in [6.45, 7) is 6.39. The number of ether oxygens (including phenoxy) is 1. The first-order chi connectivity index (χ1) is 9.81. The summed E-state index contributed by atoms with van der Waals surface area (Å²) in [5, 5.41) is 3.57. The Labute approximate surface area is 122 Å². The van der Waals surface area contributed by atoms with Crippen molar-refractivity contribution in [2.75, 3.05) is 33.4 Å². The van der Waals surface area contributed by atoms with Crippen LogP contribution in [-0.2, 0) is 4.74 Å². The Hall–Kier alpha value is -0.900. The molecule has 3 heteroatoms. The van der Waals surface area contributed by atoms with E-state index in [0.29, 0.717) is 18.0 Å². The third-order valence-electron chi connectivity index (χ3n) is 4.88. The molecule has 1 aromatic carbocycles. The molecule has 3 nitrogen and oxygen atoms in total. The molecule has 1 fully saturated rings. The molecule has 0 bridgehead atoms. The highest BCUT2D eigenvalue weighted by molar-refractivity contribution is 5.36. The smallest absolute Gasteiger partial charge is 0.0593 e. The molecule has 0 spiro atoms. The lowest BCUT2D eigenvalue weighted by atomic mass is 9.77. The van der Waals surface area contributed by atoms with Gasteiger partial charge in [-0.25, -0.2) is 0 Å². The number of nitrogens with zero attached hydrogens (tertiary/aromatic N) is 1. The number of nitrogens with one attached hydrogen (secondary N) is 1. The molecule has 1 aliphatic heterocycles. The second-order valence-corrected chi connectivity index (χ2v) is 6.10. The van der Waals surface area contributed by atoms with Crippen molar-refractivity contribution in [1.29, 1.82) is 0 Å². The fourth-order valence-corrected chi connectivity index (χ4v) is 3.88. The fraction of sp³-hybridized carbons (Fsp3) is 0.647. The normalized spacial score (nSPS) is 31.6. The van der Waals surface area contributed by atoms with E-state index in [0.717, 1.165) is 32.7 Å². The van der Waals surface area contributed by atoms with Crippen molar-refractivity contribution in [2.45, 2.75) is 37.8 Å². The third-order valence-corrected chi connectivity index (χ3v) is 4.88. The second kappa shape index (κ2) is 6.25. The van der Waals surface area contributed by atoms with Crippen LogP contribution in [0, 0.1) is 0 Å². The number of rotatable bonds is 2. The molecule has 1 N–H and O–H groups in total. The molecule has 0 radical (unpaired) electrons. The summed E-state index contributed by atoms with van der Waals surface area (Å²) < 4.78 is 5.62. The SMILES string of the molecule is CNC1c2ccccc2C(C)CC1N1CCCOCC1. The Bertz CT molecular complexity index is 440. The average molecular weight is 274 g/mol. The highest BCUT2D eigenvalue weighted by Gasteiger charge is 2.35. The highest BCUT2D eigenvalue weighted by atomic mass is 16.5. The van der Waals surface area contributed by atoms with Crippen LogP contribution in [-0.4, -0.2) is 44.3 Å². The first kappa shape index (κ1) is 14.1. The van der Waals surface area contributed by atoms with Gasteiger partial charge in [-0.2, -0.15) is 0 Å². The largest absolute Gasteiger partial charge is 0.380 e. The standard InChI is InChI=1S/C17H26N2O/c1-13-12-16(19-8-5-10-20-11-9-19)17(18-2)15-7-4-3-6-14(13)15/h3-4,6-7,13,16-18H,5,8-12H2,1-2H3. The zero-order valence-electron chi connectivity index (χ0n) is 12.6. The van der Waals surface area contributed by atoms with E-state index in [4.69, 9.17) is 4.74 Å². The maximum Gasteiger partial charge on any atom is 0.0593 e. The van der Waals surface area contributed by atoms with E-state index in [1.54, 1.807) is 0 Å². The maximum absolute atomic E-state index is 5.62. The van der Waals surface area contributed by atoms with Crippen LogP contribution in [0.4, 0.5) is 0 Å². The van der Waals surface area contributed by atoms with Crippen LogP contribution < -0.4 is 5.32 Å². The molecule has 20 heavy (non-hydrogen) atoms. The monoisotopic (exact) mass is 274 g/mol. The van der Waals surface area contributed by atoms with Gasteiger partial charge in [0.1, 0.15) is 0 Å². The summed E-state index contributed by atoms with van der Waals surface area (Å²) in [4.78, 5) is 2.64. The van der Waals surface area contributed by atoms with Crippen LogP contribution in [0.1, 0.15) is 42.9 Å². The van der Waals surface area contributed by atoms with Crippen LogP contribution in [0.3, 0.4) is 0 Å². The van der Waals surface area contributed by atoms with Gasteiger partial charge in [0.05, 0.1) is 6.61 Å². The summed E-state index contributed by atoms with van der Waals surface area (Å²) in [5.41, 5.74) is 3.01. The van der Waals surface area contributed by atoms with Gasteiger partial charge >= 0.3 is 0 Å². The Kier molecular flexibility index (Phi) is 4.39. The van der Waals surface area contributed by atoms with Gasteiger partial charge in [-0.15, -0.1) is 0 Å². The minimum atomic E-state index is 0.445. The Morgan fingerprint density at radius 2 is 1.95 bits per heavy atom. The molecule has 3 rings (SSSR count). The minimum Gasteiger partial charge on any atom is -0.380 e. The molecular weight excluding hydrogens is 248 g/mol. The van der Waals surface area contributed by atoms with Crippen LogP contribution in [0.2, 0.25) is 0 Å². The predicted molar refractivity (Wildman–Crippen MR) is 82.1 cm³/mol. The Morgan fingerprint density at radius 1 is 1.15 bits per heavy atom. The molecule has 1 saturated heterocycles. The summed E-state index contributed by atoms with van der Waals surface area (Å²) in [6, 6.07) is 9.97. The maximum atomic E-state index is 5.62. The summed E-state index contributed by atoms with van der Waals surface area (Å²) in [7, 11) is 2.10. The third kappa shape index (κ3) is 2.62. The highest BCUT2D eigenvalue weighted by Crippen LogP contribution is 2.39. The lowest BCUT2D eigenvalue weighted by Crippen LogP contribution is -2.48. The molecule has 3 unspecified atom stereocenters. The number of likely N-dealkylation sites (N-methyl/N-ethyl adjacent to an activating group) is 1. The zero-order chi connectivity index (χ0) is 13.9. The molecule has 1 aromatic rings. The molecule has 110 valence electrons. The van der Waals surface area contributed by atoms with Crippen molar-refractivity contribution in [3.8, 4) is 0 Å². The number of fused-ring (bicyclic) bond motifs is 1. The van der Waals surface area contributed by atoms with E-state index in [2.05, 4.69) is 48.5 Å². The van der Waals surface area contributed by atoms with Crippen LogP contribution in [0.15, 0.2) is 24.3 Å². The quantitative estimate of drug-likeness (QED) is 0.897. The predicted octanol–water partition coefficient (Wildman–Crippen LogP) is 2.55. The van der Waals surface area contributed by atoms with Crippen LogP contribution in [0.5, 0.6) is 0 Å². The van der Waals surface area contributed by atoms with E-state index < -0.39 is 0 Å². The molecule has 0 amide bonds. The van der Waals surface area contributed by atoms with Gasteiger partial charge in [-0.3, -0.25) is 4.90 Å². The van der Waals surface area contributed by atoms with Gasteiger partial charge in [0.2, 0.25) is 0 Å². The van der Waals surface area contributed by atoms with Crippen molar-refractivity contribution < 1.29 is 4.74 Å². The number of hydrogen-bond acceptors (Lipinski definition) is 3. The van der Waals surface area contributed by atoms with Gasteiger partial charge in [0, 0.05) is 31.8 Å². The molecule has 0 aromatic heterocycles. The van der Waals surface area contributed by atoms with Gasteiger partial charge < -0.3 is 10.1 Å². The van der Waals surface area contributed by atoms with Crippen molar-refractivity contribution in [1.82, 2.24) is 10.2 Å². The first-order valence-electron chi connectivity index (χ1n) is 7.89. The minimum absolute atomic E-state index is 0.445. The van der Waals surface area contributed by atoms with E-state index in [1.165, 1.54) is 17.5 Å². The fourth-order valence-electron chi connectivity index (χ4n) is 3.88. The lowest BCUT2D eigenvalue weighted by Gasteiger charge is -2.42. The average Bonchev–Trinajstić information content (AvgIpc) is 2.76. The topological polar surface area (TPSA) is 24.5 Å². The summed E-state index contributed by atoms with van der Waals surface area (Å²) in [6.07, 6.45) is 2.39. The molecule has 0 saturated carbocycles. The molecule has 1 aliphatic carbocycles. The van der Waals surface area contributed by atoms with Gasteiger partial charge in [0.15, 0.2) is 0 Å². The van der Waals surface area contributed by atoms with Gasteiger partial charge in [0.25, 0.3) is 0 Å². The van der Waals surface area contributed by atoms with E-state index in [1.807, 2.05) is 0 Å². The molecule has 1 heterocycles. The van der Waals surface area contributed by atoms with Crippen molar-refractivity contribution in [3.63, 3.8) is 0 Å². The number of benzene rings is 1. The Morgan fingerprint density at radius 3 is 2.75 bits per heavy atom. The second-order valence-electron chi connectivity index (χ2n) is 6.10. The van der Waals surface area contributed by atoms with Crippen LogP contribution >= 0.6 is 0 Å². The van der Waals surface area contributed by atoms with Gasteiger partial charge in [-0.05, 0) is 36.9 Å². The van der Waals surface area contributed by atoms with E-state index >= 15 is 0 Å². The van der Waals surface area contributed by atoms with Crippen molar-refractivity contribution >= 4 is 0 Å². The summed E-state index contributed by atoms with van der Waals surface area (Å²) >= 11 is 0. The Balaban J connectivity index is 1.88. The van der Waals surface area contributed by atoms with Crippen LogP contribution in [0.25, 0.3) is 0 Å². The van der Waals surface area contributed by atoms with E-state index in [-0.39, 0.29) is 0 Å². The number of hydrogen-bond donors (Lipinski definition) is 1. The van der Waals surface area contributed by atoms with Crippen molar-refractivity contribution in [3.05, 3.63) is 35.4 Å².